The molecule has 0 radical (unpaired) electrons. The van der Waals surface area contributed by atoms with Crippen LogP contribution < -0.4 is 16.0 Å². The predicted octanol–water partition coefficient (Wildman–Crippen LogP) is 1.95. The van der Waals surface area contributed by atoms with Crippen molar-refractivity contribution >= 4 is 11.7 Å². The number of aryl methyl sites for hydroxylation is 1. The molecule has 0 bridgehead atoms. The lowest BCUT2D eigenvalue weighted by molar-refractivity contribution is 0.0534. The summed E-state index contributed by atoms with van der Waals surface area (Å²) in [4.78, 5) is 11.0. The highest BCUT2D eigenvalue weighted by molar-refractivity contribution is 6.02. The van der Waals surface area contributed by atoms with E-state index >= 15 is 0 Å². The zero-order chi connectivity index (χ0) is 20.1. The molecule has 1 saturated heterocycles. The van der Waals surface area contributed by atoms with E-state index < -0.39 is 6.23 Å². The second-order valence-corrected chi connectivity index (χ2v) is 8.15. The SMILES string of the molecule is COC1CN(c2ncc(C)cc2C(N)=NC(C)O)CCC1NC1CCCCC1. The number of aromatic nitrogens is 1. The maximum absolute atomic E-state index is 9.60. The number of rotatable bonds is 6. The Morgan fingerprint density at radius 3 is 2.79 bits per heavy atom. The van der Waals surface area contributed by atoms with Gasteiger partial charge < -0.3 is 25.8 Å². The molecule has 2 heterocycles. The number of ether oxygens (including phenoxy) is 1. The maximum atomic E-state index is 9.60. The van der Waals surface area contributed by atoms with Crippen molar-refractivity contribution in [3.05, 3.63) is 23.4 Å². The summed E-state index contributed by atoms with van der Waals surface area (Å²) >= 11 is 0. The normalized spacial score (nSPS) is 25.7. The fraction of sp³-hybridized carbons (Fsp3) is 0.714. The summed E-state index contributed by atoms with van der Waals surface area (Å²) in [7, 11) is 1.79. The monoisotopic (exact) mass is 389 g/mol. The number of amidine groups is 1. The quantitative estimate of drug-likeness (QED) is 0.508. The van der Waals surface area contributed by atoms with Gasteiger partial charge in [-0.15, -0.1) is 0 Å². The van der Waals surface area contributed by atoms with Gasteiger partial charge in [-0.3, -0.25) is 0 Å². The fourth-order valence-corrected chi connectivity index (χ4v) is 4.38. The summed E-state index contributed by atoms with van der Waals surface area (Å²) < 4.78 is 5.85. The van der Waals surface area contributed by atoms with Crippen LogP contribution in [0.25, 0.3) is 0 Å². The second kappa shape index (κ2) is 9.67. The number of pyridine rings is 1. The Morgan fingerprint density at radius 2 is 2.11 bits per heavy atom. The molecule has 4 N–H and O–H groups in total. The molecule has 2 fully saturated rings. The molecule has 28 heavy (non-hydrogen) atoms. The lowest BCUT2D eigenvalue weighted by Gasteiger charge is -2.41. The summed E-state index contributed by atoms with van der Waals surface area (Å²) in [6.07, 6.45) is 8.66. The third kappa shape index (κ3) is 5.21. The predicted molar refractivity (Wildman–Crippen MR) is 113 cm³/mol. The summed E-state index contributed by atoms with van der Waals surface area (Å²) in [5.74, 6) is 1.13. The number of nitrogens with zero attached hydrogens (tertiary/aromatic N) is 3. The van der Waals surface area contributed by atoms with E-state index in [2.05, 4.69) is 20.2 Å². The first-order valence-corrected chi connectivity index (χ1v) is 10.5. The second-order valence-electron chi connectivity index (χ2n) is 8.15. The number of nitrogens with one attached hydrogen (secondary N) is 1. The Labute approximate surface area is 168 Å². The smallest absolute Gasteiger partial charge is 0.144 e. The van der Waals surface area contributed by atoms with Gasteiger partial charge in [-0.05, 0) is 44.7 Å². The molecular weight excluding hydrogens is 354 g/mol. The molecule has 3 unspecified atom stereocenters. The van der Waals surface area contributed by atoms with Crippen LogP contribution in [-0.4, -0.2) is 60.5 Å². The minimum Gasteiger partial charge on any atom is -0.383 e. The number of methoxy groups -OCH3 is 1. The Morgan fingerprint density at radius 1 is 1.36 bits per heavy atom. The minimum absolute atomic E-state index is 0.0987. The van der Waals surface area contributed by atoms with Crippen molar-refractivity contribution in [1.29, 1.82) is 0 Å². The zero-order valence-electron chi connectivity index (χ0n) is 17.4. The van der Waals surface area contributed by atoms with Gasteiger partial charge in [0.25, 0.3) is 0 Å². The van der Waals surface area contributed by atoms with Crippen LogP contribution in [0, 0.1) is 6.92 Å². The summed E-state index contributed by atoms with van der Waals surface area (Å²) in [5, 5.41) is 13.4. The van der Waals surface area contributed by atoms with Crippen molar-refractivity contribution in [1.82, 2.24) is 10.3 Å². The van der Waals surface area contributed by atoms with Crippen LogP contribution >= 0.6 is 0 Å². The van der Waals surface area contributed by atoms with Crippen molar-refractivity contribution in [3.63, 3.8) is 0 Å². The highest BCUT2D eigenvalue weighted by Crippen LogP contribution is 2.26. The van der Waals surface area contributed by atoms with Gasteiger partial charge in [0.2, 0.25) is 0 Å². The number of aliphatic imine (C=N–C) groups is 1. The average Bonchev–Trinajstić information content (AvgIpc) is 2.68. The molecule has 1 saturated carbocycles. The Balaban J connectivity index is 1.75. The Kier molecular flexibility index (Phi) is 7.26. The maximum Gasteiger partial charge on any atom is 0.144 e. The van der Waals surface area contributed by atoms with Crippen LogP contribution in [-0.2, 0) is 4.74 Å². The molecule has 0 amide bonds. The average molecular weight is 390 g/mol. The Bertz CT molecular complexity index is 673. The zero-order valence-corrected chi connectivity index (χ0v) is 17.4. The van der Waals surface area contributed by atoms with Gasteiger partial charge in [-0.1, -0.05) is 19.3 Å². The van der Waals surface area contributed by atoms with Crippen LogP contribution in [0.1, 0.15) is 56.6 Å². The van der Waals surface area contributed by atoms with E-state index in [1.165, 1.54) is 32.1 Å². The van der Waals surface area contributed by atoms with Crippen molar-refractivity contribution in [2.75, 3.05) is 25.1 Å². The molecule has 1 aromatic heterocycles. The van der Waals surface area contributed by atoms with Crippen LogP contribution in [0.5, 0.6) is 0 Å². The van der Waals surface area contributed by atoms with Crippen molar-refractivity contribution in [2.45, 2.75) is 76.8 Å². The molecular formula is C21H35N5O2. The molecule has 1 aromatic rings. The number of piperidine rings is 1. The molecule has 2 aliphatic rings. The molecule has 1 aliphatic carbocycles. The first-order valence-electron chi connectivity index (χ1n) is 10.5. The standard InChI is InChI=1S/C21H35N5O2/c1-14-11-17(20(22)24-15(2)27)21(23-12-14)26-10-9-18(19(13-26)28-3)25-16-7-5-4-6-8-16/h11-12,15-16,18-19,25,27H,4-10,13H2,1-3H3,(H2,22,24). The highest BCUT2D eigenvalue weighted by atomic mass is 16.5. The van der Waals surface area contributed by atoms with Crippen molar-refractivity contribution in [2.24, 2.45) is 10.7 Å². The highest BCUT2D eigenvalue weighted by Gasteiger charge is 2.32. The number of aliphatic hydroxyl groups is 1. The number of nitrogens with two attached hydrogens (primary N) is 1. The molecule has 156 valence electrons. The van der Waals surface area contributed by atoms with Gasteiger partial charge in [0.1, 0.15) is 17.9 Å². The van der Waals surface area contributed by atoms with Gasteiger partial charge in [0, 0.05) is 38.5 Å². The van der Waals surface area contributed by atoms with Gasteiger partial charge in [-0.25, -0.2) is 9.98 Å². The van der Waals surface area contributed by atoms with E-state index in [0.29, 0.717) is 17.9 Å². The van der Waals surface area contributed by atoms with Crippen LogP contribution in [0.15, 0.2) is 17.3 Å². The molecule has 3 rings (SSSR count). The lowest BCUT2D eigenvalue weighted by Crippen LogP contribution is -2.56. The van der Waals surface area contributed by atoms with Crippen LogP contribution in [0.2, 0.25) is 0 Å². The number of hydrogen-bond donors (Lipinski definition) is 3. The van der Waals surface area contributed by atoms with E-state index in [0.717, 1.165) is 36.5 Å². The van der Waals surface area contributed by atoms with Crippen molar-refractivity contribution in [3.8, 4) is 0 Å². The number of hydrogen-bond acceptors (Lipinski definition) is 6. The van der Waals surface area contributed by atoms with E-state index in [9.17, 15) is 5.11 Å². The van der Waals surface area contributed by atoms with E-state index in [4.69, 9.17) is 10.5 Å². The van der Waals surface area contributed by atoms with E-state index in [-0.39, 0.29) is 6.10 Å². The van der Waals surface area contributed by atoms with Gasteiger partial charge in [-0.2, -0.15) is 0 Å². The molecule has 7 heteroatoms. The van der Waals surface area contributed by atoms with Gasteiger partial charge in [0.15, 0.2) is 0 Å². The Hall–Kier alpha value is -1.70. The summed E-state index contributed by atoms with van der Waals surface area (Å²) in [5.41, 5.74) is 7.96. The minimum atomic E-state index is -0.842. The van der Waals surface area contributed by atoms with E-state index in [1.54, 1.807) is 14.0 Å². The molecule has 1 aliphatic heterocycles. The van der Waals surface area contributed by atoms with Crippen molar-refractivity contribution < 1.29 is 9.84 Å². The topological polar surface area (TPSA) is 96.0 Å². The molecule has 7 nitrogen and oxygen atoms in total. The molecule has 0 aromatic carbocycles. The lowest BCUT2D eigenvalue weighted by atomic mass is 9.92. The van der Waals surface area contributed by atoms with Crippen LogP contribution in [0.4, 0.5) is 5.82 Å². The third-order valence-corrected chi connectivity index (χ3v) is 5.82. The number of anilines is 1. The van der Waals surface area contributed by atoms with Gasteiger partial charge >= 0.3 is 0 Å². The first kappa shape index (κ1) is 21.0. The number of aliphatic hydroxyl groups excluding tert-OH is 1. The van der Waals surface area contributed by atoms with E-state index in [1.807, 2.05) is 19.2 Å². The molecule has 0 spiro atoms. The largest absolute Gasteiger partial charge is 0.383 e. The molecule has 3 atom stereocenters. The fourth-order valence-electron chi connectivity index (χ4n) is 4.38. The third-order valence-electron chi connectivity index (χ3n) is 5.82. The van der Waals surface area contributed by atoms with Crippen LogP contribution in [0.3, 0.4) is 0 Å². The summed E-state index contributed by atoms with van der Waals surface area (Å²) in [6.45, 7) is 5.22. The summed E-state index contributed by atoms with van der Waals surface area (Å²) in [6, 6.07) is 2.96. The van der Waals surface area contributed by atoms with Gasteiger partial charge in [0.05, 0.1) is 11.7 Å². The first-order chi connectivity index (χ1) is 13.5.